The number of fused-ring (bicyclic) bond motifs is 2. The molecule has 7 heteroatoms. The predicted octanol–water partition coefficient (Wildman–Crippen LogP) is 3.59. The number of amides is 1. The van der Waals surface area contributed by atoms with Crippen molar-refractivity contribution in [1.82, 2.24) is 14.8 Å². The maximum atomic E-state index is 12.7. The van der Waals surface area contributed by atoms with Gasteiger partial charge in [-0.2, -0.15) is 5.10 Å². The summed E-state index contributed by atoms with van der Waals surface area (Å²) in [5.41, 5.74) is 3.63. The average molecular weight is 350 g/mol. The van der Waals surface area contributed by atoms with Gasteiger partial charge >= 0.3 is 0 Å². The molecule has 1 amide bonds. The van der Waals surface area contributed by atoms with Gasteiger partial charge in [-0.05, 0) is 38.1 Å². The van der Waals surface area contributed by atoms with Crippen LogP contribution in [0.2, 0.25) is 0 Å². The lowest BCUT2D eigenvalue weighted by atomic mass is 10.1. The lowest BCUT2D eigenvalue weighted by Gasteiger charge is -2.04. The highest BCUT2D eigenvalue weighted by Gasteiger charge is 2.19. The number of rotatable bonds is 3. The molecule has 4 rings (SSSR count). The Kier molecular flexibility index (Phi) is 3.64. The molecule has 0 aliphatic heterocycles. The number of hydrogen-bond donors (Lipinski definition) is 1. The van der Waals surface area contributed by atoms with E-state index in [1.165, 1.54) is 0 Å². The van der Waals surface area contributed by atoms with Gasteiger partial charge in [-0.25, -0.2) is 4.98 Å². The molecular weight excluding hydrogens is 332 g/mol. The lowest BCUT2D eigenvalue weighted by Crippen LogP contribution is -2.12. The maximum Gasteiger partial charge on any atom is 0.291 e. The number of carbonyl (C=O) groups excluding carboxylic acids is 1. The van der Waals surface area contributed by atoms with E-state index in [-0.39, 0.29) is 11.7 Å². The van der Waals surface area contributed by atoms with Gasteiger partial charge in [0.05, 0.1) is 24.7 Å². The molecule has 132 valence electrons. The first-order valence-corrected chi connectivity index (χ1v) is 8.16. The van der Waals surface area contributed by atoms with Crippen molar-refractivity contribution in [2.45, 2.75) is 13.8 Å². The highest BCUT2D eigenvalue weighted by molar-refractivity contribution is 6.07. The van der Waals surface area contributed by atoms with E-state index in [1.54, 1.807) is 30.1 Å². The fourth-order valence-corrected chi connectivity index (χ4v) is 3.11. The number of carbonyl (C=O) groups is 1. The second-order valence-electron chi connectivity index (χ2n) is 6.18. The molecular formula is C19H18N4O3. The zero-order valence-corrected chi connectivity index (χ0v) is 15.0. The van der Waals surface area contributed by atoms with E-state index in [1.807, 2.05) is 33.0 Å². The summed E-state index contributed by atoms with van der Waals surface area (Å²) in [5.74, 6) is 0.673. The molecule has 0 atom stereocenters. The van der Waals surface area contributed by atoms with Crippen LogP contribution in [0, 0.1) is 13.8 Å². The third-order valence-corrected chi connectivity index (χ3v) is 4.47. The molecule has 0 radical (unpaired) electrons. The monoisotopic (exact) mass is 350 g/mol. The normalized spacial score (nSPS) is 11.2. The number of aryl methyl sites for hydroxylation is 3. The molecule has 0 saturated heterocycles. The quantitative estimate of drug-likeness (QED) is 0.610. The van der Waals surface area contributed by atoms with Crippen LogP contribution in [-0.4, -0.2) is 27.8 Å². The summed E-state index contributed by atoms with van der Waals surface area (Å²) in [4.78, 5) is 17.1. The zero-order valence-electron chi connectivity index (χ0n) is 15.0. The summed E-state index contributed by atoms with van der Waals surface area (Å²) in [6.07, 6.45) is 1.61. The molecule has 0 spiro atoms. The number of ether oxygens (including phenoxy) is 1. The largest absolute Gasteiger partial charge is 0.497 e. The van der Waals surface area contributed by atoms with Crippen molar-refractivity contribution in [1.29, 1.82) is 0 Å². The summed E-state index contributed by atoms with van der Waals surface area (Å²) >= 11 is 0. The van der Waals surface area contributed by atoms with E-state index in [0.29, 0.717) is 11.3 Å². The second kappa shape index (κ2) is 5.87. The molecule has 7 nitrogen and oxygen atoms in total. The van der Waals surface area contributed by atoms with Gasteiger partial charge in [-0.3, -0.25) is 9.48 Å². The minimum absolute atomic E-state index is 0.274. The Labute approximate surface area is 149 Å². The molecule has 4 aromatic rings. The van der Waals surface area contributed by atoms with Crippen LogP contribution in [0.25, 0.3) is 22.0 Å². The molecule has 0 bridgehead atoms. The third kappa shape index (κ3) is 2.48. The number of anilines is 1. The molecule has 3 heterocycles. The molecule has 3 aromatic heterocycles. The molecule has 0 unspecified atom stereocenters. The van der Waals surface area contributed by atoms with Crippen LogP contribution in [0.1, 0.15) is 21.8 Å². The molecule has 26 heavy (non-hydrogen) atoms. The van der Waals surface area contributed by atoms with Gasteiger partial charge in [0.1, 0.15) is 11.3 Å². The molecule has 0 fully saturated rings. The molecule has 0 aliphatic carbocycles. The van der Waals surface area contributed by atoms with E-state index in [2.05, 4.69) is 15.4 Å². The minimum atomic E-state index is -0.319. The second-order valence-corrected chi connectivity index (χ2v) is 6.18. The van der Waals surface area contributed by atoms with E-state index in [4.69, 9.17) is 9.15 Å². The van der Waals surface area contributed by atoms with E-state index in [9.17, 15) is 4.79 Å². The standard InChI is InChI=1S/C19H18N4O3/c1-10-14-8-13(25-4)5-6-16(14)26-17(10)19(24)21-12-7-15-11(2)22-23(3)18(15)20-9-12/h5-9H,1-4H3,(H,21,24). The first-order chi connectivity index (χ1) is 12.5. The smallest absolute Gasteiger partial charge is 0.291 e. The number of methoxy groups -OCH3 is 1. The van der Waals surface area contributed by atoms with Crippen molar-refractivity contribution >= 4 is 33.6 Å². The summed E-state index contributed by atoms with van der Waals surface area (Å²) in [7, 11) is 3.44. The summed E-state index contributed by atoms with van der Waals surface area (Å²) in [5, 5.41) is 8.95. The number of nitrogens with one attached hydrogen (secondary N) is 1. The minimum Gasteiger partial charge on any atom is -0.497 e. The molecule has 1 N–H and O–H groups in total. The molecule has 0 aliphatic rings. The van der Waals surface area contributed by atoms with Gasteiger partial charge < -0.3 is 14.5 Å². The first kappa shape index (κ1) is 16.1. The van der Waals surface area contributed by atoms with Gasteiger partial charge in [-0.15, -0.1) is 0 Å². The Hall–Kier alpha value is -3.35. The highest BCUT2D eigenvalue weighted by atomic mass is 16.5. The Morgan fingerprint density at radius 1 is 1.23 bits per heavy atom. The van der Waals surface area contributed by atoms with Gasteiger partial charge in [0, 0.05) is 23.4 Å². The third-order valence-electron chi connectivity index (χ3n) is 4.47. The van der Waals surface area contributed by atoms with E-state index < -0.39 is 0 Å². The summed E-state index contributed by atoms with van der Waals surface area (Å²) in [6.45, 7) is 3.76. The van der Waals surface area contributed by atoms with Crippen molar-refractivity contribution in [3.63, 3.8) is 0 Å². The summed E-state index contributed by atoms with van der Waals surface area (Å²) in [6, 6.07) is 7.32. The molecule has 1 aromatic carbocycles. The fraction of sp³-hybridized carbons (Fsp3) is 0.211. The lowest BCUT2D eigenvalue weighted by molar-refractivity contribution is 0.0998. The summed E-state index contributed by atoms with van der Waals surface area (Å²) < 4.78 is 12.7. The zero-order chi connectivity index (χ0) is 18.4. The Morgan fingerprint density at radius 3 is 2.81 bits per heavy atom. The SMILES string of the molecule is COc1ccc2oc(C(=O)Nc3cnc4c(c3)c(C)nn4C)c(C)c2c1. The Balaban J connectivity index is 1.69. The van der Waals surface area contributed by atoms with Crippen LogP contribution >= 0.6 is 0 Å². The fourth-order valence-electron chi connectivity index (χ4n) is 3.11. The predicted molar refractivity (Wildman–Crippen MR) is 98.7 cm³/mol. The highest BCUT2D eigenvalue weighted by Crippen LogP contribution is 2.29. The van der Waals surface area contributed by atoms with Crippen molar-refractivity contribution < 1.29 is 13.9 Å². The number of furan rings is 1. The number of nitrogens with zero attached hydrogens (tertiary/aromatic N) is 3. The number of benzene rings is 1. The number of pyridine rings is 1. The Bertz CT molecular complexity index is 1160. The van der Waals surface area contributed by atoms with E-state index >= 15 is 0 Å². The number of hydrogen-bond acceptors (Lipinski definition) is 5. The van der Waals surface area contributed by atoms with Crippen LogP contribution in [0.3, 0.4) is 0 Å². The van der Waals surface area contributed by atoms with Crippen LogP contribution in [-0.2, 0) is 7.05 Å². The van der Waals surface area contributed by atoms with Crippen LogP contribution in [0.5, 0.6) is 5.75 Å². The van der Waals surface area contributed by atoms with Crippen molar-refractivity contribution in [2.75, 3.05) is 12.4 Å². The van der Waals surface area contributed by atoms with Gasteiger partial charge in [-0.1, -0.05) is 0 Å². The van der Waals surface area contributed by atoms with Gasteiger partial charge in [0.25, 0.3) is 5.91 Å². The van der Waals surface area contributed by atoms with Crippen LogP contribution in [0.4, 0.5) is 5.69 Å². The van der Waals surface area contributed by atoms with Gasteiger partial charge in [0.2, 0.25) is 0 Å². The Morgan fingerprint density at radius 2 is 2.04 bits per heavy atom. The average Bonchev–Trinajstić information content (AvgIpc) is 3.11. The van der Waals surface area contributed by atoms with Crippen LogP contribution < -0.4 is 10.1 Å². The molecule has 0 saturated carbocycles. The maximum absolute atomic E-state index is 12.7. The van der Waals surface area contributed by atoms with Crippen molar-refractivity contribution in [3.8, 4) is 5.75 Å². The van der Waals surface area contributed by atoms with Crippen LogP contribution in [0.15, 0.2) is 34.9 Å². The van der Waals surface area contributed by atoms with E-state index in [0.717, 1.165) is 33.4 Å². The van der Waals surface area contributed by atoms with Gasteiger partial charge in [0.15, 0.2) is 11.4 Å². The first-order valence-electron chi connectivity index (χ1n) is 8.16. The van der Waals surface area contributed by atoms with Crippen molar-refractivity contribution in [2.24, 2.45) is 7.05 Å². The topological polar surface area (TPSA) is 82.2 Å². The van der Waals surface area contributed by atoms with Crippen molar-refractivity contribution in [3.05, 3.63) is 47.5 Å². The number of aromatic nitrogens is 3.